The molecule has 0 bridgehead atoms. The molecule has 142 valence electrons. The molecule has 28 heavy (non-hydrogen) atoms. The number of phenolic OH excluding ortho intramolecular Hbond substituents is 2. The van der Waals surface area contributed by atoms with Crippen LogP contribution in [0, 0.1) is 0 Å². The number of ether oxygens (including phenoxy) is 1. The van der Waals surface area contributed by atoms with E-state index < -0.39 is 0 Å². The van der Waals surface area contributed by atoms with Gasteiger partial charge in [-0.3, -0.25) is 4.79 Å². The highest BCUT2D eigenvalue weighted by Crippen LogP contribution is 2.25. The van der Waals surface area contributed by atoms with Crippen molar-refractivity contribution in [1.82, 2.24) is 0 Å². The van der Waals surface area contributed by atoms with Gasteiger partial charge < -0.3 is 20.3 Å². The minimum Gasteiger partial charge on any atom is -0.504 e. The van der Waals surface area contributed by atoms with Crippen molar-refractivity contribution in [3.63, 3.8) is 0 Å². The van der Waals surface area contributed by atoms with Crippen LogP contribution in [0.15, 0.2) is 78.9 Å². The molecule has 3 rings (SSSR count). The molecule has 0 radical (unpaired) electrons. The van der Waals surface area contributed by atoms with Crippen molar-refractivity contribution in [2.45, 2.75) is 6.42 Å². The number of rotatable bonds is 7. The Labute approximate surface area is 163 Å². The Bertz CT molecular complexity index is 950. The number of aromatic hydroxyl groups is 2. The molecule has 0 fully saturated rings. The van der Waals surface area contributed by atoms with E-state index in [9.17, 15) is 15.0 Å². The second-order valence-electron chi connectivity index (χ2n) is 6.18. The van der Waals surface area contributed by atoms with Crippen LogP contribution < -0.4 is 10.1 Å². The van der Waals surface area contributed by atoms with Crippen LogP contribution in [0.25, 0.3) is 6.08 Å². The minimum atomic E-state index is -0.301. The lowest BCUT2D eigenvalue weighted by Crippen LogP contribution is -2.07. The summed E-state index contributed by atoms with van der Waals surface area (Å²) in [5, 5.41) is 21.5. The van der Waals surface area contributed by atoms with Gasteiger partial charge >= 0.3 is 0 Å². The fourth-order valence-electron chi connectivity index (χ4n) is 2.57. The quantitative estimate of drug-likeness (QED) is 0.423. The van der Waals surface area contributed by atoms with Gasteiger partial charge in [-0.1, -0.05) is 36.4 Å². The smallest absolute Gasteiger partial charge is 0.248 e. The number of nitrogens with one attached hydrogen (secondary N) is 1. The Hall–Kier alpha value is -3.73. The number of carbonyl (C=O) groups excluding carboxylic acids is 1. The molecule has 0 aliphatic rings. The molecule has 0 heterocycles. The van der Waals surface area contributed by atoms with Crippen molar-refractivity contribution in [3.8, 4) is 17.2 Å². The van der Waals surface area contributed by atoms with Crippen molar-refractivity contribution in [2.24, 2.45) is 0 Å². The SMILES string of the molecule is O=C(/C=C/c1ccc(O)c(O)c1)Nc1ccc(OCCc2ccccc2)cc1. The van der Waals surface area contributed by atoms with E-state index in [0.717, 1.165) is 12.2 Å². The van der Waals surface area contributed by atoms with Gasteiger partial charge in [0.2, 0.25) is 5.91 Å². The highest BCUT2D eigenvalue weighted by Gasteiger charge is 2.01. The van der Waals surface area contributed by atoms with E-state index in [1.165, 1.54) is 23.8 Å². The molecule has 0 aliphatic heterocycles. The van der Waals surface area contributed by atoms with E-state index in [4.69, 9.17) is 4.74 Å². The Morgan fingerprint density at radius 2 is 1.68 bits per heavy atom. The van der Waals surface area contributed by atoms with Crippen molar-refractivity contribution in [3.05, 3.63) is 90.0 Å². The predicted octanol–water partition coefficient (Wildman–Crippen LogP) is 4.37. The molecule has 3 aromatic rings. The Morgan fingerprint density at radius 3 is 2.39 bits per heavy atom. The first kappa shape index (κ1) is 19.0. The Balaban J connectivity index is 1.48. The van der Waals surface area contributed by atoms with Gasteiger partial charge in [-0.05, 0) is 53.6 Å². The van der Waals surface area contributed by atoms with Crippen molar-refractivity contribution >= 4 is 17.7 Å². The molecule has 3 N–H and O–H groups in total. The van der Waals surface area contributed by atoms with Crippen LogP contribution in [0.1, 0.15) is 11.1 Å². The first-order valence-electron chi connectivity index (χ1n) is 8.88. The average Bonchev–Trinajstić information content (AvgIpc) is 2.71. The molecule has 0 saturated heterocycles. The molecule has 1 amide bonds. The number of hydrogen-bond acceptors (Lipinski definition) is 4. The first-order valence-corrected chi connectivity index (χ1v) is 8.88. The van der Waals surface area contributed by atoms with Crippen molar-refractivity contribution in [2.75, 3.05) is 11.9 Å². The maximum absolute atomic E-state index is 12.0. The van der Waals surface area contributed by atoms with Crippen LogP contribution in [0.2, 0.25) is 0 Å². The Kier molecular flexibility index (Phi) is 6.31. The van der Waals surface area contributed by atoms with E-state index in [0.29, 0.717) is 17.9 Å². The third kappa shape index (κ3) is 5.64. The summed E-state index contributed by atoms with van der Waals surface area (Å²) in [5.74, 6) is 0.00689. The second-order valence-corrected chi connectivity index (χ2v) is 6.18. The second kappa shape index (κ2) is 9.28. The lowest BCUT2D eigenvalue weighted by molar-refractivity contribution is -0.111. The molecule has 5 heteroatoms. The zero-order valence-corrected chi connectivity index (χ0v) is 15.2. The third-order valence-electron chi connectivity index (χ3n) is 4.05. The normalized spacial score (nSPS) is 10.7. The molecule has 0 saturated carbocycles. The van der Waals surface area contributed by atoms with Gasteiger partial charge in [-0.25, -0.2) is 0 Å². The van der Waals surface area contributed by atoms with E-state index in [1.807, 2.05) is 30.3 Å². The number of benzene rings is 3. The van der Waals surface area contributed by atoms with Crippen LogP contribution in [0.4, 0.5) is 5.69 Å². The summed E-state index contributed by atoms with van der Waals surface area (Å²) in [5.41, 5.74) is 2.48. The predicted molar refractivity (Wildman–Crippen MR) is 110 cm³/mol. The number of amides is 1. The summed E-state index contributed by atoms with van der Waals surface area (Å²) in [4.78, 5) is 12.0. The zero-order valence-electron chi connectivity index (χ0n) is 15.2. The maximum atomic E-state index is 12.0. The van der Waals surface area contributed by atoms with Crippen molar-refractivity contribution in [1.29, 1.82) is 0 Å². The molecule has 5 nitrogen and oxygen atoms in total. The molecule has 0 atom stereocenters. The monoisotopic (exact) mass is 375 g/mol. The molecule has 0 aromatic heterocycles. The Morgan fingerprint density at radius 1 is 0.929 bits per heavy atom. The molecule has 0 unspecified atom stereocenters. The lowest BCUT2D eigenvalue weighted by Gasteiger charge is -2.08. The zero-order chi connectivity index (χ0) is 19.8. The maximum Gasteiger partial charge on any atom is 0.248 e. The van der Waals surface area contributed by atoms with Gasteiger partial charge in [0.1, 0.15) is 5.75 Å². The van der Waals surface area contributed by atoms with Gasteiger partial charge in [0.25, 0.3) is 0 Å². The fourth-order valence-corrected chi connectivity index (χ4v) is 2.57. The van der Waals surface area contributed by atoms with Gasteiger partial charge in [-0.15, -0.1) is 0 Å². The minimum absolute atomic E-state index is 0.201. The van der Waals surface area contributed by atoms with E-state index in [2.05, 4.69) is 17.4 Å². The van der Waals surface area contributed by atoms with Crippen LogP contribution in [0.3, 0.4) is 0 Å². The average molecular weight is 375 g/mol. The lowest BCUT2D eigenvalue weighted by atomic mass is 10.2. The molecule has 0 aliphatic carbocycles. The molecule has 0 spiro atoms. The molecule has 3 aromatic carbocycles. The number of anilines is 1. The summed E-state index contributed by atoms with van der Waals surface area (Å²) >= 11 is 0. The van der Waals surface area contributed by atoms with Crippen LogP contribution in [-0.2, 0) is 11.2 Å². The molecular formula is C23H21NO4. The standard InChI is InChI=1S/C23H21NO4/c25-21-12-6-18(16-22(21)26)7-13-23(27)24-19-8-10-20(11-9-19)28-15-14-17-4-2-1-3-5-17/h1-13,16,25-26H,14-15H2,(H,24,27)/b13-7+. The largest absolute Gasteiger partial charge is 0.504 e. The fraction of sp³-hybridized carbons (Fsp3) is 0.0870. The van der Waals surface area contributed by atoms with Gasteiger partial charge in [0.05, 0.1) is 6.61 Å². The number of carbonyl (C=O) groups is 1. The van der Waals surface area contributed by atoms with Gasteiger partial charge in [0.15, 0.2) is 11.5 Å². The summed E-state index contributed by atoms with van der Waals surface area (Å²) in [7, 11) is 0. The third-order valence-corrected chi connectivity index (χ3v) is 4.05. The highest BCUT2D eigenvalue weighted by molar-refractivity contribution is 6.01. The summed E-state index contributed by atoms with van der Waals surface area (Å²) < 4.78 is 5.73. The van der Waals surface area contributed by atoms with E-state index in [-0.39, 0.29) is 17.4 Å². The van der Waals surface area contributed by atoms with Gasteiger partial charge in [-0.2, -0.15) is 0 Å². The van der Waals surface area contributed by atoms with Gasteiger partial charge in [0, 0.05) is 18.2 Å². The first-order chi connectivity index (χ1) is 13.6. The summed E-state index contributed by atoms with van der Waals surface area (Å²) in [6, 6.07) is 21.6. The summed E-state index contributed by atoms with van der Waals surface area (Å²) in [6.07, 6.45) is 3.74. The van der Waals surface area contributed by atoms with Crippen molar-refractivity contribution < 1.29 is 19.7 Å². The number of phenols is 2. The van der Waals surface area contributed by atoms with Crippen LogP contribution >= 0.6 is 0 Å². The van der Waals surface area contributed by atoms with Crippen LogP contribution in [0.5, 0.6) is 17.2 Å². The highest BCUT2D eigenvalue weighted by atomic mass is 16.5. The topological polar surface area (TPSA) is 78.8 Å². The summed E-state index contributed by atoms with van der Waals surface area (Å²) in [6.45, 7) is 0.581. The van der Waals surface area contributed by atoms with E-state index in [1.54, 1.807) is 24.3 Å². The number of hydrogen-bond donors (Lipinski definition) is 3. The molecular weight excluding hydrogens is 354 g/mol. The van der Waals surface area contributed by atoms with E-state index >= 15 is 0 Å². The van der Waals surface area contributed by atoms with Crippen LogP contribution in [-0.4, -0.2) is 22.7 Å².